The van der Waals surface area contributed by atoms with Gasteiger partial charge < -0.3 is 20.0 Å². The highest BCUT2D eigenvalue weighted by molar-refractivity contribution is 8.14. The number of H-pyrrole nitrogens is 1. The number of piperazine rings is 1. The standard InChI is InChI=1S/C24H32FN5OS/c25-18-13-17-14-22(28-23(17)21(15-18)26-19-3-1-2-4-19)24-27-20(16-32-24)5-6-29-7-9-30(10-8-29)11-12-31/h12-15,19-20,26,28H,1-11,16H2/t20-/m1/s1. The fourth-order valence-electron chi connectivity index (χ4n) is 5.07. The molecular formula is C24H32FN5OS. The Kier molecular flexibility index (Phi) is 6.80. The van der Waals surface area contributed by atoms with Crippen molar-refractivity contribution >= 4 is 39.7 Å². The number of aliphatic imine (C=N–C) groups is 1. The number of carbonyl (C=O) groups excluding carboxylic acids is 1. The highest BCUT2D eigenvalue weighted by atomic mass is 32.2. The molecule has 0 spiro atoms. The maximum Gasteiger partial charge on any atom is 0.133 e. The molecule has 8 heteroatoms. The number of aromatic amines is 1. The lowest BCUT2D eigenvalue weighted by Gasteiger charge is -2.33. The lowest BCUT2D eigenvalue weighted by molar-refractivity contribution is -0.109. The van der Waals surface area contributed by atoms with Gasteiger partial charge in [0.1, 0.15) is 17.1 Å². The number of nitrogens with one attached hydrogen (secondary N) is 2. The molecule has 1 saturated heterocycles. The van der Waals surface area contributed by atoms with Gasteiger partial charge in [-0.1, -0.05) is 12.8 Å². The van der Waals surface area contributed by atoms with Crippen LogP contribution in [0, 0.1) is 5.82 Å². The number of hydrogen-bond acceptors (Lipinski definition) is 6. The van der Waals surface area contributed by atoms with Crippen molar-refractivity contribution < 1.29 is 9.18 Å². The van der Waals surface area contributed by atoms with Crippen molar-refractivity contribution in [2.24, 2.45) is 4.99 Å². The van der Waals surface area contributed by atoms with Gasteiger partial charge in [-0.25, -0.2) is 4.39 Å². The summed E-state index contributed by atoms with van der Waals surface area (Å²) in [4.78, 5) is 23.9. The summed E-state index contributed by atoms with van der Waals surface area (Å²) in [6, 6.07) is 6.02. The number of carbonyl (C=O) groups is 1. The molecule has 2 fully saturated rings. The second kappa shape index (κ2) is 9.93. The maximum atomic E-state index is 14.2. The summed E-state index contributed by atoms with van der Waals surface area (Å²) >= 11 is 1.79. The summed E-state index contributed by atoms with van der Waals surface area (Å²) in [7, 11) is 0. The van der Waals surface area contributed by atoms with Gasteiger partial charge in [0.25, 0.3) is 0 Å². The van der Waals surface area contributed by atoms with Crippen LogP contribution in [0.3, 0.4) is 0 Å². The van der Waals surface area contributed by atoms with Crippen molar-refractivity contribution in [2.75, 3.05) is 50.3 Å². The van der Waals surface area contributed by atoms with E-state index in [1.54, 1.807) is 23.9 Å². The van der Waals surface area contributed by atoms with Crippen LogP contribution in [0.2, 0.25) is 0 Å². The zero-order valence-electron chi connectivity index (χ0n) is 18.5. The zero-order valence-corrected chi connectivity index (χ0v) is 19.3. The number of benzene rings is 1. The van der Waals surface area contributed by atoms with E-state index in [-0.39, 0.29) is 5.82 Å². The highest BCUT2D eigenvalue weighted by Crippen LogP contribution is 2.32. The van der Waals surface area contributed by atoms with E-state index in [4.69, 9.17) is 4.99 Å². The predicted molar refractivity (Wildman–Crippen MR) is 130 cm³/mol. The predicted octanol–water partition coefficient (Wildman–Crippen LogP) is 3.73. The summed E-state index contributed by atoms with van der Waals surface area (Å²) in [5.41, 5.74) is 2.84. The van der Waals surface area contributed by atoms with E-state index in [0.29, 0.717) is 18.6 Å². The Morgan fingerprint density at radius 1 is 1.16 bits per heavy atom. The molecule has 172 valence electrons. The molecule has 32 heavy (non-hydrogen) atoms. The number of halogens is 1. The average molecular weight is 458 g/mol. The Bertz CT molecular complexity index is 978. The van der Waals surface area contributed by atoms with Crippen LogP contribution in [0.15, 0.2) is 23.2 Å². The third-order valence-corrected chi connectivity index (χ3v) is 8.08. The monoisotopic (exact) mass is 457 g/mol. The molecule has 0 unspecified atom stereocenters. The third-order valence-electron chi connectivity index (χ3n) is 6.93. The molecule has 2 aliphatic heterocycles. The quantitative estimate of drug-likeness (QED) is 0.592. The Labute approximate surface area is 193 Å². The summed E-state index contributed by atoms with van der Waals surface area (Å²) in [6.45, 7) is 5.58. The Morgan fingerprint density at radius 2 is 1.94 bits per heavy atom. The van der Waals surface area contributed by atoms with Crippen molar-refractivity contribution in [2.45, 2.75) is 44.2 Å². The van der Waals surface area contributed by atoms with E-state index in [1.807, 2.05) is 6.07 Å². The second-order valence-electron chi connectivity index (χ2n) is 9.22. The molecule has 1 aromatic carbocycles. The minimum Gasteiger partial charge on any atom is -0.381 e. The molecule has 6 nitrogen and oxygen atoms in total. The topological polar surface area (TPSA) is 63.7 Å². The van der Waals surface area contributed by atoms with E-state index in [1.165, 1.54) is 12.8 Å². The molecule has 0 radical (unpaired) electrons. The van der Waals surface area contributed by atoms with Gasteiger partial charge >= 0.3 is 0 Å². The average Bonchev–Trinajstić information content (AvgIpc) is 3.54. The van der Waals surface area contributed by atoms with E-state index in [9.17, 15) is 9.18 Å². The van der Waals surface area contributed by atoms with Crippen LogP contribution in [0.4, 0.5) is 10.1 Å². The molecule has 5 rings (SSSR count). The van der Waals surface area contributed by atoms with Gasteiger partial charge in [0, 0.05) is 49.9 Å². The van der Waals surface area contributed by atoms with Crippen LogP contribution in [-0.2, 0) is 4.79 Å². The van der Waals surface area contributed by atoms with Crippen LogP contribution in [-0.4, -0.2) is 83.2 Å². The molecular weight excluding hydrogens is 425 g/mol. The summed E-state index contributed by atoms with van der Waals surface area (Å²) in [6.07, 6.45) is 6.84. The summed E-state index contributed by atoms with van der Waals surface area (Å²) in [5.74, 6) is 0.799. The SMILES string of the molecule is O=CCN1CCN(CC[C@@H]2CSC(c3cc4cc(F)cc(NC5CCCC5)c4[nH]3)=N2)CC1. The number of aldehydes is 1. The summed E-state index contributed by atoms with van der Waals surface area (Å²) in [5, 5.41) is 5.50. The summed E-state index contributed by atoms with van der Waals surface area (Å²) < 4.78 is 14.2. The maximum absolute atomic E-state index is 14.2. The van der Waals surface area contributed by atoms with Crippen molar-refractivity contribution in [1.29, 1.82) is 0 Å². The molecule has 3 heterocycles. The normalized spacial score (nSPS) is 23.2. The third kappa shape index (κ3) is 5.02. The molecule has 1 aromatic heterocycles. The van der Waals surface area contributed by atoms with Gasteiger partial charge in [0.2, 0.25) is 0 Å². The Morgan fingerprint density at radius 3 is 2.72 bits per heavy atom. The molecule has 1 atom stereocenters. The number of thioether (sulfide) groups is 1. The van der Waals surface area contributed by atoms with Crippen LogP contribution in [0.5, 0.6) is 0 Å². The van der Waals surface area contributed by atoms with Gasteiger partial charge in [-0.3, -0.25) is 9.89 Å². The molecule has 1 saturated carbocycles. The first-order valence-corrected chi connectivity index (χ1v) is 12.8. The van der Waals surface area contributed by atoms with Crippen LogP contribution >= 0.6 is 11.8 Å². The fourth-order valence-corrected chi connectivity index (χ4v) is 6.15. The number of rotatable bonds is 8. The largest absolute Gasteiger partial charge is 0.381 e. The van der Waals surface area contributed by atoms with Crippen molar-refractivity contribution in [3.63, 3.8) is 0 Å². The van der Waals surface area contributed by atoms with Crippen LogP contribution in [0.25, 0.3) is 10.9 Å². The first-order valence-electron chi connectivity index (χ1n) is 11.9. The molecule has 0 amide bonds. The lowest BCUT2D eigenvalue weighted by atomic mass is 10.2. The van der Waals surface area contributed by atoms with E-state index in [0.717, 1.165) is 91.4 Å². The number of hydrogen-bond donors (Lipinski definition) is 2. The smallest absolute Gasteiger partial charge is 0.133 e. The van der Waals surface area contributed by atoms with Gasteiger partial charge in [0.15, 0.2) is 0 Å². The second-order valence-corrected chi connectivity index (χ2v) is 10.2. The molecule has 2 N–H and O–H groups in total. The number of aromatic nitrogens is 1. The van der Waals surface area contributed by atoms with Gasteiger partial charge in [-0.15, -0.1) is 11.8 Å². The van der Waals surface area contributed by atoms with Gasteiger partial charge in [-0.2, -0.15) is 0 Å². The van der Waals surface area contributed by atoms with Crippen molar-refractivity contribution in [3.8, 4) is 0 Å². The molecule has 1 aliphatic carbocycles. The van der Waals surface area contributed by atoms with Gasteiger partial charge in [-0.05, 0) is 37.5 Å². The lowest BCUT2D eigenvalue weighted by Crippen LogP contribution is -2.47. The van der Waals surface area contributed by atoms with Gasteiger partial charge in [0.05, 0.1) is 29.5 Å². The van der Waals surface area contributed by atoms with E-state index < -0.39 is 0 Å². The number of fused-ring (bicyclic) bond motifs is 1. The first kappa shape index (κ1) is 21.9. The number of anilines is 1. The minimum atomic E-state index is -0.198. The first-order chi connectivity index (χ1) is 15.7. The molecule has 0 bridgehead atoms. The number of nitrogens with zero attached hydrogens (tertiary/aromatic N) is 3. The van der Waals surface area contributed by atoms with Crippen molar-refractivity contribution in [1.82, 2.24) is 14.8 Å². The van der Waals surface area contributed by atoms with E-state index in [2.05, 4.69) is 20.1 Å². The van der Waals surface area contributed by atoms with Crippen LogP contribution in [0.1, 0.15) is 37.8 Å². The zero-order chi connectivity index (χ0) is 21.9. The van der Waals surface area contributed by atoms with E-state index >= 15 is 0 Å². The van der Waals surface area contributed by atoms with Crippen LogP contribution < -0.4 is 5.32 Å². The minimum absolute atomic E-state index is 0.198. The molecule has 2 aromatic rings. The Balaban J connectivity index is 1.22. The fraction of sp³-hybridized carbons (Fsp3) is 0.583. The Hall–Kier alpha value is -1.90. The molecule has 3 aliphatic rings. The highest BCUT2D eigenvalue weighted by Gasteiger charge is 2.24. The van der Waals surface area contributed by atoms with Crippen molar-refractivity contribution in [3.05, 3.63) is 29.7 Å².